The molecule has 0 radical (unpaired) electrons. The number of amides is 1. The zero-order valence-electron chi connectivity index (χ0n) is 15.1. The summed E-state index contributed by atoms with van der Waals surface area (Å²) in [5.41, 5.74) is 3.28. The first-order chi connectivity index (χ1) is 13.1. The molecule has 0 spiro atoms. The smallest absolute Gasteiger partial charge is 0.228 e. The Balaban J connectivity index is 1.44. The van der Waals surface area contributed by atoms with Crippen LogP contribution in [-0.2, 0) is 11.8 Å². The van der Waals surface area contributed by atoms with Gasteiger partial charge in [0.15, 0.2) is 0 Å². The van der Waals surface area contributed by atoms with Gasteiger partial charge in [-0.2, -0.15) is 5.10 Å². The van der Waals surface area contributed by atoms with Gasteiger partial charge in [-0.05, 0) is 30.0 Å². The van der Waals surface area contributed by atoms with Gasteiger partial charge in [0.2, 0.25) is 5.91 Å². The molecule has 1 aliphatic rings. The fourth-order valence-corrected chi connectivity index (χ4v) is 3.73. The fraction of sp³-hybridized carbons (Fsp3) is 0.238. The van der Waals surface area contributed by atoms with Gasteiger partial charge in [0.25, 0.3) is 0 Å². The summed E-state index contributed by atoms with van der Waals surface area (Å²) in [4.78, 5) is 12.7. The number of aryl methyl sites for hydroxylation is 1. The molecular weight excluding hydrogens is 342 g/mol. The van der Waals surface area contributed by atoms with Crippen LogP contribution < -0.4 is 10.1 Å². The number of nitrogens with one attached hydrogen (secondary N) is 1. The van der Waals surface area contributed by atoms with E-state index in [-0.39, 0.29) is 17.7 Å². The number of nitrogens with zero attached hydrogens (tertiary/aromatic N) is 2. The van der Waals surface area contributed by atoms with Gasteiger partial charge < -0.3 is 14.5 Å². The standard InChI is InChI=1S/C21H19N3O3/c1-24-11-12(10-22-24)14-7-16(14)21(25)23-17-9-19-15(8-20(17)26-2)13-5-3-4-6-18(13)27-19/h3-6,8-11,14,16H,7H2,1-2H3,(H,23,25)/t14-,16-/m0/s1. The number of benzene rings is 2. The summed E-state index contributed by atoms with van der Waals surface area (Å²) in [5.74, 6) is 0.823. The normalized spacial score (nSPS) is 18.7. The number of rotatable bonds is 4. The summed E-state index contributed by atoms with van der Waals surface area (Å²) in [6, 6.07) is 11.6. The lowest BCUT2D eigenvalue weighted by Crippen LogP contribution is -2.15. The predicted molar refractivity (Wildman–Crippen MR) is 103 cm³/mol. The summed E-state index contributed by atoms with van der Waals surface area (Å²) in [7, 11) is 3.49. The average molecular weight is 361 g/mol. The molecule has 1 saturated carbocycles. The molecule has 6 nitrogen and oxygen atoms in total. The van der Waals surface area contributed by atoms with Gasteiger partial charge in [0, 0.05) is 36.0 Å². The second-order valence-corrected chi connectivity index (χ2v) is 7.03. The van der Waals surface area contributed by atoms with E-state index in [1.807, 2.05) is 55.8 Å². The molecule has 1 amide bonds. The van der Waals surface area contributed by atoms with Gasteiger partial charge in [-0.15, -0.1) is 0 Å². The third-order valence-electron chi connectivity index (χ3n) is 5.24. The van der Waals surface area contributed by atoms with Gasteiger partial charge in [-0.3, -0.25) is 9.48 Å². The third kappa shape index (κ3) is 2.65. The fourth-order valence-electron chi connectivity index (χ4n) is 3.73. The SMILES string of the molecule is COc1cc2c(cc1NC(=O)[C@H]1C[C@H]1c1cnn(C)c1)oc1ccccc12. The number of methoxy groups -OCH3 is 1. The Labute approximate surface area is 155 Å². The minimum atomic E-state index is -0.0368. The lowest BCUT2D eigenvalue weighted by molar-refractivity contribution is -0.117. The number of furan rings is 1. The minimum absolute atomic E-state index is 0.00221. The van der Waals surface area contributed by atoms with Crippen molar-refractivity contribution in [2.24, 2.45) is 13.0 Å². The van der Waals surface area contributed by atoms with Crippen molar-refractivity contribution in [3.8, 4) is 5.75 Å². The van der Waals surface area contributed by atoms with E-state index in [9.17, 15) is 4.79 Å². The molecule has 0 unspecified atom stereocenters. The molecule has 0 saturated heterocycles. The molecule has 0 bridgehead atoms. The lowest BCUT2D eigenvalue weighted by atomic mass is 10.1. The highest BCUT2D eigenvalue weighted by molar-refractivity contribution is 6.08. The largest absolute Gasteiger partial charge is 0.495 e. The van der Waals surface area contributed by atoms with E-state index in [2.05, 4.69) is 10.4 Å². The Kier molecular flexibility index (Phi) is 3.47. The van der Waals surface area contributed by atoms with Gasteiger partial charge in [-0.1, -0.05) is 18.2 Å². The Bertz CT molecular complexity index is 1170. The van der Waals surface area contributed by atoms with Crippen molar-refractivity contribution in [1.29, 1.82) is 0 Å². The lowest BCUT2D eigenvalue weighted by Gasteiger charge is -2.10. The van der Waals surface area contributed by atoms with Crippen LogP contribution in [0, 0.1) is 5.92 Å². The maximum atomic E-state index is 12.7. The molecule has 2 aromatic heterocycles. The summed E-state index contributed by atoms with van der Waals surface area (Å²) in [5, 5.41) is 9.21. The molecule has 1 N–H and O–H groups in total. The number of aromatic nitrogens is 2. The third-order valence-corrected chi connectivity index (χ3v) is 5.24. The first-order valence-electron chi connectivity index (χ1n) is 8.92. The maximum Gasteiger partial charge on any atom is 0.228 e. The summed E-state index contributed by atoms with van der Waals surface area (Å²) in [6.07, 6.45) is 4.64. The Hall–Kier alpha value is -3.28. The summed E-state index contributed by atoms with van der Waals surface area (Å²) < 4.78 is 13.2. The molecule has 4 aromatic rings. The van der Waals surface area contributed by atoms with Crippen molar-refractivity contribution < 1.29 is 13.9 Å². The van der Waals surface area contributed by atoms with Crippen LogP contribution in [0.2, 0.25) is 0 Å². The molecule has 136 valence electrons. The van der Waals surface area contributed by atoms with Crippen LogP contribution >= 0.6 is 0 Å². The Morgan fingerprint density at radius 2 is 2.11 bits per heavy atom. The van der Waals surface area contributed by atoms with E-state index >= 15 is 0 Å². The molecule has 2 atom stereocenters. The minimum Gasteiger partial charge on any atom is -0.495 e. The van der Waals surface area contributed by atoms with E-state index < -0.39 is 0 Å². The molecule has 2 heterocycles. The maximum absolute atomic E-state index is 12.7. The van der Waals surface area contributed by atoms with E-state index in [0.29, 0.717) is 11.4 Å². The highest BCUT2D eigenvalue weighted by atomic mass is 16.5. The van der Waals surface area contributed by atoms with Crippen LogP contribution in [0.4, 0.5) is 5.69 Å². The van der Waals surface area contributed by atoms with E-state index in [4.69, 9.17) is 9.15 Å². The second kappa shape index (κ2) is 5.87. The summed E-state index contributed by atoms with van der Waals surface area (Å²) in [6.45, 7) is 0. The molecule has 27 heavy (non-hydrogen) atoms. The highest BCUT2D eigenvalue weighted by Crippen LogP contribution is 2.48. The van der Waals surface area contributed by atoms with Gasteiger partial charge >= 0.3 is 0 Å². The molecule has 2 aromatic carbocycles. The van der Waals surface area contributed by atoms with E-state index in [1.54, 1.807) is 11.8 Å². The first-order valence-corrected chi connectivity index (χ1v) is 8.92. The van der Waals surface area contributed by atoms with Crippen LogP contribution in [-0.4, -0.2) is 22.8 Å². The van der Waals surface area contributed by atoms with Gasteiger partial charge in [0.05, 0.1) is 19.0 Å². The molecular formula is C21H19N3O3. The van der Waals surface area contributed by atoms with Crippen molar-refractivity contribution in [1.82, 2.24) is 9.78 Å². The molecule has 5 rings (SSSR count). The van der Waals surface area contributed by atoms with Gasteiger partial charge in [-0.25, -0.2) is 0 Å². The average Bonchev–Trinajstić information content (AvgIpc) is 3.23. The van der Waals surface area contributed by atoms with Crippen LogP contribution in [0.3, 0.4) is 0 Å². The number of hydrogen-bond acceptors (Lipinski definition) is 4. The topological polar surface area (TPSA) is 69.3 Å². The number of para-hydroxylation sites is 1. The van der Waals surface area contributed by atoms with Crippen LogP contribution in [0.1, 0.15) is 17.9 Å². The molecule has 1 aliphatic carbocycles. The second-order valence-electron chi connectivity index (χ2n) is 7.03. The van der Waals surface area contributed by atoms with Crippen LogP contribution in [0.15, 0.2) is 53.2 Å². The Morgan fingerprint density at radius 1 is 1.26 bits per heavy atom. The van der Waals surface area contributed by atoms with Crippen LogP contribution in [0.5, 0.6) is 5.75 Å². The predicted octanol–water partition coefficient (Wildman–Crippen LogP) is 4.07. The molecule has 0 aliphatic heterocycles. The number of ether oxygens (including phenoxy) is 1. The molecule has 1 fully saturated rings. The number of anilines is 1. The molecule has 6 heteroatoms. The summed E-state index contributed by atoms with van der Waals surface area (Å²) >= 11 is 0. The number of carbonyl (C=O) groups excluding carboxylic acids is 1. The quantitative estimate of drug-likeness (QED) is 0.595. The van der Waals surface area contributed by atoms with Crippen molar-refractivity contribution in [3.63, 3.8) is 0 Å². The zero-order valence-corrected chi connectivity index (χ0v) is 15.1. The van der Waals surface area contributed by atoms with Gasteiger partial charge in [0.1, 0.15) is 16.9 Å². The first kappa shape index (κ1) is 15.9. The van der Waals surface area contributed by atoms with E-state index in [0.717, 1.165) is 33.9 Å². The number of fused-ring (bicyclic) bond motifs is 3. The van der Waals surface area contributed by atoms with Crippen molar-refractivity contribution in [3.05, 3.63) is 54.4 Å². The highest BCUT2D eigenvalue weighted by Gasteiger charge is 2.44. The van der Waals surface area contributed by atoms with Crippen molar-refractivity contribution in [2.45, 2.75) is 12.3 Å². The van der Waals surface area contributed by atoms with Crippen molar-refractivity contribution in [2.75, 3.05) is 12.4 Å². The number of hydrogen-bond donors (Lipinski definition) is 1. The monoisotopic (exact) mass is 361 g/mol. The van der Waals surface area contributed by atoms with E-state index in [1.165, 1.54) is 0 Å². The van der Waals surface area contributed by atoms with Crippen LogP contribution in [0.25, 0.3) is 21.9 Å². The zero-order chi connectivity index (χ0) is 18.5. The Morgan fingerprint density at radius 3 is 2.89 bits per heavy atom. The van der Waals surface area contributed by atoms with Crippen molar-refractivity contribution >= 4 is 33.5 Å². The number of carbonyl (C=O) groups is 1.